The van der Waals surface area contributed by atoms with Gasteiger partial charge in [0.15, 0.2) is 0 Å². The van der Waals surface area contributed by atoms with Gasteiger partial charge in [-0.3, -0.25) is 4.79 Å². The molecular formula is C18H25N3O. The molecule has 0 saturated carbocycles. The Hall–Kier alpha value is -1.81. The SMILES string of the molecule is O=C(Cc1c[nH]c2ccccc12)NCCN1CCCCCC1. The molecule has 4 nitrogen and oxygen atoms in total. The summed E-state index contributed by atoms with van der Waals surface area (Å²) in [5, 5.41) is 4.20. The minimum atomic E-state index is 0.111. The molecule has 2 aromatic rings. The van der Waals surface area contributed by atoms with Gasteiger partial charge < -0.3 is 15.2 Å². The van der Waals surface area contributed by atoms with Crippen LogP contribution in [0.2, 0.25) is 0 Å². The van der Waals surface area contributed by atoms with Gasteiger partial charge in [-0.05, 0) is 37.6 Å². The normalized spacial score (nSPS) is 16.5. The Morgan fingerprint density at radius 2 is 1.91 bits per heavy atom. The quantitative estimate of drug-likeness (QED) is 0.892. The first kappa shape index (κ1) is 15.1. The van der Waals surface area contributed by atoms with E-state index in [-0.39, 0.29) is 5.91 Å². The second-order valence-corrected chi connectivity index (χ2v) is 6.14. The minimum absolute atomic E-state index is 0.111. The molecule has 4 heteroatoms. The van der Waals surface area contributed by atoms with Crippen LogP contribution >= 0.6 is 0 Å². The van der Waals surface area contributed by atoms with Crippen molar-refractivity contribution in [1.29, 1.82) is 0 Å². The Kier molecular flexibility index (Phi) is 5.11. The number of nitrogens with one attached hydrogen (secondary N) is 2. The number of hydrogen-bond acceptors (Lipinski definition) is 2. The van der Waals surface area contributed by atoms with Gasteiger partial charge in [0.1, 0.15) is 0 Å². The molecule has 1 saturated heterocycles. The summed E-state index contributed by atoms with van der Waals surface area (Å²) in [6.45, 7) is 4.08. The Labute approximate surface area is 131 Å². The summed E-state index contributed by atoms with van der Waals surface area (Å²) in [4.78, 5) is 17.8. The first-order valence-electron chi connectivity index (χ1n) is 8.37. The van der Waals surface area contributed by atoms with Gasteiger partial charge >= 0.3 is 0 Å². The van der Waals surface area contributed by atoms with E-state index in [9.17, 15) is 4.79 Å². The lowest BCUT2D eigenvalue weighted by molar-refractivity contribution is -0.120. The van der Waals surface area contributed by atoms with Crippen LogP contribution < -0.4 is 5.32 Å². The van der Waals surface area contributed by atoms with Gasteiger partial charge in [-0.15, -0.1) is 0 Å². The number of fused-ring (bicyclic) bond motifs is 1. The van der Waals surface area contributed by atoms with Crippen LogP contribution in [0.15, 0.2) is 30.5 Å². The van der Waals surface area contributed by atoms with E-state index in [1.54, 1.807) is 0 Å². The van der Waals surface area contributed by atoms with Crippen LogP contribution in [0, 0.1) is 0 Å². The molecule has 0 atom stereocenters. The summed E-state index contributed by atoms with van der Waals surface area (Å²) in [5.74, 6) is 0.111. The van der Waals surface area contributed by atoms with Gasteiger partial charge in [-0.2, -0.15) is 0 Å². The highest BCUT2D eigenvalue weighted by Crippen LogP contribution is 2.17. The zero-order valence-corrected chi connectivity index (χ0v) is 13.1. The molecule has 1 aromatic carbocycles. The lowest BCUT2D eigenvalue weighted by atomic mass is 10.1. The Morgan fingerprint density at radius 3 is 2.73 bits per heavy atom. The number of aromatic amines is 1. The van der Waals surface area contributed by atoms with Gasteiger partial charge in [-0.25, -0.2) is 0 Å². The van der Waals surface area contributed by atoms with E-state index in [2.05, 4.69) is 21.3 Å². The highest BCUT2D eigenvalue weighted by molar-refractivity contribution is 5.88. The van der Waals surface area contributed by atoms with Crippen LogP contribution in [0.3, 0.4) is 0 Å². The van der Waals surface area contributed by atoms with Crippen LogP contribution in [-0.4, -0.2) is 42.0 Å². The van der Waals surface area contributed by atoms with Crippen LogP contribution in [0.5, 0.6) is 0 Å². The largest absolute Gasteiger partial charge is 0.361 e. The number of para-hydroxylation sites is 1. The fourth-order valence-corrected chi connectivity index (χ4v) is 3.23. The predicted octanol–water partition coefficient (Wildman–Crippen LogP) is 2.70. The number of likely N-dealkylation sites (tertiary alicyclic amines) is 1. The fourth-order valence-electron chi connectivity index (χ4n) is 3.23. The summed E-state index contributed by atoms with van der Waals surface area (Å²) in [6, 6.07) is 8.11. The summed E-state index contributed by atoms with van der Waals surface area (Å²) >= 11 is 0. The maximum absolute atomic E-state index is 12.1. The number of amides is 1. The van der Waals surface area contributed by atoms with Gasteiger partial charge in [0.2, 0.25) is 5.91 Å². The molecule has 118 valence electrons. The Bertz CT molecular complexity index is 612. The first-order valence-corrected chi connectivity index (χ1v) is 8.37. The predicted molar refractivity (Wildman–Crippen MR) is 89.9 cm³/mol. The van der Waals surface area contributed by atoms with Gasteiger partial charge in [0.05, 0.1) is 6.42 Å². The van der Waals surface area contributed by atoms with Gasteiger partial charge in [-0.1, -0.05) is 31.0 Å². The van der Waals surface area contributed by atoms with E-state index in [1.807, 2.05) is 24.4 Å². The molecular weight excluding hydrogens is 274 g/mol. The van der Waals surface area contributed by atoms with E-state index in [0.717, 1.165) is 29.6 Å². The molecule has 1 amide bonds. The number of benzene rings is 1. The maximum Gasteiger partial charge on any atom is 0.224 e. The third kappa shape index (κ3) is 3.89. The lowest BCUT2D eigenvalue weighted by Gasteiger charge is -2.19. The Balaban J connectivity index is 1.46. The summed E-state index contributed by atoms with van der Waals surface area (Å²) in [7, 11) is 0. The number of H-pyrrole nitrogens is 1. The molecule has 3 rings (SSSR count). The molecule has 0 radical (unpaired) electrons. The fraction of sp³-hybridized carbons (Fsp3) is 0.500. The van der Waals surface area contributed by atoms with Crippen LogP contribution in [-0.2, 0) is 11.2 Å². The number of aromatic nitrogens is 1. The van der Waals surface area contributed by atoms with Crippen LogP contribution in [0.4, 0.5) is 0 Å². The number of carbonyl (C=O) groups is 1. The molecule has 1 aromatic heterocycles. The summed E-state index contributed by atoms with van der Waals surface area (Å²) in [5.41, 5.74) is 2.16. The standard InChI is InChI=1S/C18H25N3O/c22-18(19-9-12-21-10-5-1-2-6-11-21)13-15-14-20-17-8-4-3-7-16(15)17/h3-4,7-8,14,20H,1-2,5-6,9-13H2,(H,19,22). The molecule has 1 fully saturated rings. The highest BCUT2D eigenvalue weighted by atomic mass is 16.1. The number of nitrogens with zero attached hydrogens (tertiary/aromatic N) is 1. The van der Waals surface area contributed by atoms with Crippen molar-refractivity contribution in [3.05, 3.63) is 36.0 Å². The second kappa shape index (κ2) is 7.45. The topological polar surface area (TPSA) is 48.1 Å². The smallest absolute Gasteiger partial charge is 0.224 e. The average Bonchev–Trinajstić information content (AvgIpc) is 2.75. The first-order chi connectivity index (χ1) is 10.8. The molecule has 0 unspecified atom stereocenters. The van der Waals surface area contributed by atoms with Crippen LogP contribution in [0.1, 0.15) is 31.2 Å². The van der Waals surface area contributed by atoms with Crippen molar-refractivity contribution in [2.75, 3.05) is 26.2 Å². The zero-order chi connectivity index (χ0) is 15.2. The summed E-state index contributed by atoms with van der Waals surface area (Å²) in [6.07, 6.45) is 7.68. The molecule has 2 heterocycles. The van der Waals surface area contributed by atoms with Crippen molar-refractivity contribution in [3.8, 4) is 0 Å². The highest BCUT2D eigenvalue weighted by Gasteiger charge is 2.10. The van der Waals surface area contributed by atoms with E-state index in [0.29, 0.717) is 6.42 Å². The number of hydrogen-bond donors (Lipinski definition) is 2. The molecule has 0 aliphatic carbocycles. The molecule has 2 N–H and O–H groups in total. The van der Waals surface area contributed by atoms with Crippen molar-refractivity contribution in [3.63, 3.8) is 0 Å². The average molecular weight is 299 g/mol. The molecule has 22 heavy (non-hydrogen) atoms. The third-order valence-electron chi connectivity index (χ3n) is 4.47. The number of rotatable bonds is 5. The molecule has 0 bridgehead atoms. The lowest BCUT2D eigenvalue weighted by Crippen LogP contribution is -2.36. The van der Waals surface area contributed by atoms with Crippen molar-refractivity contribution < 1.29 is 4.79 Å². The molecule has 1 aliphatic rings. The van der Waals surface area contributed by atoms with Gasteiger partial charge in [0, 0.05) is 30.2 Å². The van der Waals surface area contributed by atoms with Crippen molar-refractivity contribution in [2.45, 2.75) is 32.1 Å². The molecule has 1 aliphatic heterocycles. The summed E-state index contributed by atoms with van der Waals surface area (Å²) < 4.78 is 0. The van der Waals surface area contributed by atoms with E-state index >= 15 is 0 Å². The van der Waals surface area contributed by atoms with E-state index < -0.39 is 0 Å². The van der Waals surface area contributed by atoms with Crippen molar-refractivity contribution in [2.24, 2.45) is 0 Å². The van der Waals surface area contributed by atoms with Gasteiger partial charge in [0.25, 0.3) is 0 Å². The van der Waals surface area contributed by atoms with E-state index in [4.69, 9.17) is 0 Å². The van der Waals surface area contributed by atoms with Crippen molar-refractivity contribution in [1.82, 2.24) is 15.2 Å². The minimum Gasteiger partial charge on any atom is -0.361 e. The maximum atomic E-state index is 12.1. The van der Waals surface area contributed by atoms with E-state index in [1.165, 1.54) is 38.8 Å². The van der Waals surface area contributed by atoms with Crippen LogP contribution in [0.25, 0.3) is 10.9 Å². The number of carbonyl (C=O) groups excluding carboxylic acids is 1. The second-order valence-electron chi connectivity index (χ2n) is 6.14. The monoisotopic (exact) mass is 299 g/mol. The third-order valence-corrected chi connectivity index (χ3v) is 4.47. The van der Waals surface area contributed by atoms with Crippen molar-refractivity contribution >= 4 is 16.8 Å². The zero-order valence-electron chi connectivity index (χ0n) is 13.1. The Morgan fingerprint density at radius 1 is 1.14 bits per heavy atom. The molecule has 0 spiro atoms.